The van der Waals surface area contributed by atoms with Crippen molar-refractivity contribution >= 4 is 5.57 Å². The maximum Gasteiger partial charge on any atom is -0.0187 e. The summed E-state index contributed by atoms with van der Waals surface area (Å²) in [4.78, 5) is 0. The molecule has 0 spiro atoms. The van der Waals surface area contributed by atoms with E-state index in [2.05, 4.69) is 62.4 Å². The summed E-state index contributed by atoms with van der Waals surface area (Å²) in [6.45, 7) is 4.61. The minimum absolute atomic E-state index is 0.683. The van der Waals surface area contributed by atoms with Crippen LogP contribution in [0.3, 0.4) is 0 Å². The molecule has 0 bridgehead atoms. The summed E-state index contributed by atoms with van der Waals surface area (Å²) in [7, 11) is 0. The number of benzene rings is 1. The normalized spacial score (nSPS) is 25.9. The number of hydrogen-bond acceptors (Lipinski definition) is 0. The van der Waals surface area contributed by atoms with Gasteiger partial charge in [-0.15, -0.1) is 0 Å². The van der Waals surface area contributed by atoms with Gasteiger partial charge in [-0.25, -0.2) is 0 Å². The molecular formula is C15H18. The fraction of sp³-hybridized carbons (Fsp3) is 0.333. The van der Waals surface area contributed by atoms with E-state index in [4.69, 9.17) is 0 Å². The van der Waals surface area contributed by atoms with Gasteiger partial charge in [-0.05, 0) is 29.4 Å². The third-order valence-electron chi connectivity index (χ3n) is 3.29. The molecule has 1 aromatic rings. The van der Waals surface area contributed by atoms with Gasteiger partial charge in [-0.3, -0.25) is 0 Å². The second-order valence-electron chi connectivity index (χ2n) is 4.46. The Labute approximate surface area is 92.3 Å². The van der Waals surface area contributed by atoms with Crippen molar-refractivity contribution in [2.75, 3.05) is 0 Å². The topological polar surface area (TPSA) is 0 Å². The van der Waals surface area contributed by atoms with Gasteiger partial charge in [-0.1, -0.05) is 62.4 Å². The fourth-order valence-electron chi connectivity index (χ4n) is 1.89. The predicted octanol–water partition coefficient (Wildman–Crippen LogP) is 4.30. The van der Waals surface area contributed by atoms with E-state index in [1.807, 2.05) is 0 Å². The Kier molecular flexibility index (Phi) is 3.05. The van der Waals surface area contributed by atoms with Gasteiger partial charge in [-0.2, -0.15) is 0 Å². The molecule has 0 radical (unpaired) electrons. The summed E-state index contributed by atoms with van der Waals surface area (Å²) < 4.78 is 0. The Hall–Kier alpha value is -1.30. The highest BCUT2D eigenvalue weighted by atomic mass is 14.2. The molecule has 0 aromatic heterocycles. The zero-order valence-corrected chi connectivity index (χ0v) is 9.48. The molecule has 0 amide bonds. The third kappa shape index (κ3) is 2.38. The first-order chi connectivity index (χ1) is 7.27. The lowest BCUT2D eigenvalue weighted by Gasteiger charge is -2.11. The van der Waals surface area contributed by atoms with Gasteiger partial charge < -0.3 is 0 Å². The van der Waals surface area contributed by atoms with Crippen LogP contribution in [0.2, 0.25) is 0 Å². The second kappa shape index (κ2) is 4.48. The van der Waals surface area contributed by atoms with Gasteiger partial charge in [0.2, 0.25) is 0 Å². The summed E-state index contributed by atoms with van der Waals surface area (Å²) in [6, 6.07) is 10.6. The number of allylic oxidation sites excluding steroid dienone is 4. The Morgan fingerprint density at radius 1 is 1.07 bits per heavy atom. The smallest absolute Gasteiger partial charge is 0.0187 e. The molecule has 1 aliphatic rings. The van der Waals surface area contributed by atoms with Crippen LogP contribution in [0.5, 0.6) is 0 Å². The zero-order valence-electron chi connectivity index (χ0n) is 9.48. The minimum Gasteiger partial charge on any atom is -0.0808 e. The van der Waals surface area contributed by atoms with Crippen LogP contribution in [0.25, 0.3) is 5.57 Å². The van der Waals surface area contributed by atoms with Gasteiger partial charge >= 0.3 is 0 Å². The minimum atomic E-state index is 0.683. The van der Waals surface area contributed by atoms with Crippen LogP contribution in [0.15, 0.2) is 48.6 Å². The molecule has 1 aliphatic carbocycles. The quantitative estimate of drug-likeness (QED) is 0.631. The van der Waals surface area contributed by atoms with Crippen molar-refractivity contribution < 1.29 is 0 Å². The third-order valence-corrected chi connectivity index (χ3v) is 3.29. The highest BCUT2D eigenvalue weighted by Gasteiger charge is 2.11. The van der Waals surface area contributed by atoms with Crippen molar-refractivity contribution in [2.24, 2.45) is 11.8 Å². The summed E-state index contributed by atoms with van der Waals surface area (Å²) in [5.41, 5.74) is 2.70. The Bertz CT molecular complexity index is 370. The average molecular weight is 198 g/mol. The van der Waals surface area contributed by atoms with Gasteiger partial charge in [0.25, 0.3) is 0 Å². The fourth-order valence-corrected chi connectivity index (χ4v) is 1.89. The molecule has 0 fully saturated rings. The molecular weight excluding hydrogens is 180 g/mol. The largest absolute Gasteiger partial charge is 0.0808 e. The molecule has 0 heteroatoms. The molecule has 0 heterocycles. The first kappa shape index (κ1) is 10.2. The Balaban J connectivity index is 2.27. The summed E-state index contributed by atoms with van der Waals surface area (Å²) >= 11 is 0. The molecule has 1 aromatic carbocycles. The van der Waals surface area contributed by atoms with Crippen LogP contribution in [0.4, 0.5) is 0 Å². The molecule has 0 nitrogen and oxygen atoms in total. The predicted molar refractivity (Wildman–Crippen MR) is 66.5 cm³/mol. The van der Waals surface area contributed by atoms with Crippen LogP contribution >= 0.6 is 0 Å². The van der Waals surface area contributed by atoms with E-state index in [9.17, 15) is 0 Å². The molecule has 78 valence electrons. The van der Waals surface area contributed by atoms with Crippen LogP contribution in [-0.2, 0) is 0 Å². The molecule has 2 unspecified atom stereocenters. The van der Waals surface area contributed by atoms with Gasteiger partial charge in [0.1, 0.15) is 0 Å². The summed E-state index contributed by atoms with van der Waals surface area (Å²) in [6.07, 6.45) is 8.14. The van der Waals surface area contributed by atoms with Crippen LogP contribution in [-0.4, -0.2) is 0 Å². The number of hydrogen-bond donors (Lipinski definition) is 0. The van der Waals surface area contributed by atoms with Crippen molar-refractivity contribution in [1.82, 2.24) is 0 Å². The monoisotopic (exact) mass is 198 g/mol. The lowest BCUT2D eigenvalue weighted by molar-refractivity contribution is 0.468. The Morgan fingerprint density at radius 2 is 1.80 bits per heavy atom. The maximum absolute atomic E-state index is 2.36. The summed E-state index contributed by atoms with van der Waals surface area (Å²) in [5, 5.41) is 0. The van der Waals surface area contributed by atoms with Gasteiger partial charge in [0, 0.05) is 0 Å². The van der Waals surface area contributed by atoms with Gasteiger partial charge in [0.05, 0.1) is 0 Å². The first-order valence-electron chi connectivity index (χ1n) is 5.71. The van der Waals surface area contributed by atoms with E-state index in [1.165, 1.54) is 17.6 Å². The molecule has 0 aliphatic heterocycles. The molecule has 0 saturated heterocycles. The highest BCUT2D eigenvalue weighted by molar-refractivity contribution is 5.74. The van der Waals surface area contributed by atoms with E-state index >= 15 is 0 Å². The highest BCUT2D eigenvalue weighted by Crippen LogP contribution is 2.26. The van der Waals surface area contributed by atoms with Crippen molar-refractivity contribution in [3.63, 3.8) is 0 Å². The molecule has 2 atom stereocenters. The van der Waals surface area contributed by atoms with Crippen LogP contribution < -0.4 is 0 Å². The van der Waals surface area contributed by atoms with E-state index in [-0.39, 0.29) is 0 Å². The molecule has 2 rings (SSSR count). The number of rotatable bonds is 1. The van der Waals surface area contributed by atoms with Crippen LogP contribution in [0.1, 0.15) is 25.8 Å². The molecule has 15 heavy (non-hydrogen) atoms. The van der Waals surface area contributed by atoms with E-state index < -0.39 is 0 Å². The maximum atomic E-state index is 2.36. The standard InChI is InChI=1S/C15H18/c1-12-8-10-15(11-9-13(12)2)14-6-4-3-5-7-14/h3-8,10-13H,9H2,1-2H3. The van der Waals surface area contributed by atoms with E-state index in [0.29, 0.717) is 5.92 Å². The van der Waals surface area contributed by atoms with E-state index in [1.54, 1.807) is 0 Å². The van der Waals surface area contributed by atoms with Crippen molar-refractivity contribution in [1.29, 1.82) is 0 Å². The molecule has 0 saturated carbocycles. The zero-order chi connectivity index (χ0) is 10.7. The van der Waals surface area contributed by atoms with Crippen molar-refractivity contribution in [3.05, 3.63) is 54.1 Å². The SMILES string of the molecule is CC1C=CC(c2ccccc2)=CCC1C. The first-order valence-corrected chi connectivity index (χ1v) is 5.71. The van der Waals surface area contributed by atoms with Crippen LogP contribution in [0, 0.1) is 11.8 Å². The average Bonchev–Trinajstić information content (AvgIpc) is 2.44. The lowest BCUT2D eigenvalue weighted by Crippen LogP contribution is -2.01. The molecule has 0 N–H and O–H groups in total. The lowest BCUT2D eigenvalue weighted by atomic mass is 9.94. The summed E-state index contributed by atoms with van der Waals surface area (Å²) in [5.74, 6) is 1.44. The van der Waals surface area contributed by atoms with Gasteiger partial charge in [0.15, 0.2) is 0 Å². The second-order valence-corrected chi connectivity index (χ2v) is 4.46. The van der Waals surface area contributed by atoms with E-state index in [0.717, 1.165) is 5.92 Å². The van der Waals surface area contributed by atoms with Crippen molar-refractivity contribution in [3.8, 4) is 0 Å². The Morgan fingerprint density at radius 3 is 2.53 bits per heavy atom. The van der Waals surface area contributed by atoms with Crippen molar-refractivity contribution in [2.45, 2.75) is 20.3 Å².